The number of fused-ring (bicyclic) bond motifs is 1. The maximum atomic E-state index is 5.95. The van der Waals surface area contributed by atoms with Crippen LogP contribution in [0.15, 0.2) is 35.2 Å². The van der Waals surface area contributed by atoms with Gasteiger partial charge in [-0.15, -0.1) is 23.1 Å². The Balaban J connectivity index is 1.79. The maximum Gasteiger partial charge on any atom is 0.162 e. The Hall–Kier alpha value is -1.17. The van der Waals surface area contributed by atoms with Crippen molar-refractivity contribution in [3.05, 3.63) is 40.1 Å². The van der Waals surface area contributed by atoms with E-state index in [0.29, 0.717) is 13.2 Å². The van der Waals surface area contributed by atoms with Crippen LogP contribution in [0.25, 0.3) is 0 Å². The minimum Gasteiger partial charge on any atom is -0.490 e. The Morgan fingerprint density at radius 3 is 2.71 bits per heavy atom. The molecule has 1 aliphatic rings. The summed E-state index contributed by atoms with van der Waals surface area (Å²) in [6.45, 7) is 4.18. The van der Waals surface area contributed by atoms with Crippen LogP contribution < -0.4 is 15.2 Å². The second-order valence-corrected chi connectivity index (χ2v) is 7.55. The molecule has 112 valence electrons. The van der Waals surface area contributed by atoms with E-state index in [0.717, 1.165) is 24.5 Å². The first kappa shape index (κ1) is 14.8. The van der Waals surface area contributed by atoms with Gasteiger partial charge in [0.1, 0.15) is 0 Å². The zero-order chi connectivity index (χ0) is 14.7. The number of rotatable bonds is 4. The standard InChI is InChI=1S/C16H19NO2S2/c1-11-3-6-15(20-11)16(10-17)21-12-4-5-13-14(9-12)19-8-2-7-18-13/h3-6,9,16H,2,7-8,10,17H2,1H3. The molecule has 0 spiro atoms. The first-order valence-electron chi connectivity index (χ1n) is 7.09. The molecule has 3 rings (SSSR count). The van der Waals surface area contributed by atoms with Gasteiger partial charge in [0.2, 0.25) is 0 Å². The molecule has 0 fully saturated rings. The van der Waals surface area contributed by atoms with E-state index in [1.807, 2.05) is 17.4 Å². The summed E-state index contributed by atoms with van der Waals surface area (Å²) in [6, 6.07) is 10.5. The van der Waals surface area contributed by atoms with E-state index in [4.69, 9.17) is 15.2 Å². The summed E-state index contributed by atoms with van der Waals surface area (Å²) in [7, 11) is 0. The average molecular weight is 321 g/mol. The fraction of sp³-hybridized carbons (Fsp3) is 0.375. The summed E-state index contributed by atoms with van der Waals surface area (Å²) in [5, 5.41) is 0.286. The van der Waals surface area contributed by atoms with E-state index in [-0.39, 0.29) is 5.25 Å². The monoisotopic (exact) mass is 321 g/mol. The Labute approximate surface area is 133 Å². The number of thiophene rings is 1. The molecule has 2 heterocycles. The second-order valence-electron chi connectivity index (χ2n) is 4.95. The first-order valence-corrected chi connectivity index (χ1v) is 8.78. The number of thioether (sulfide) groups is 1. The predicted octanol–water partition coefficient (Wildman–Crippen LogP) is 4.01. The molecule has 2 aromatic rings. The largest absolute Gasteiger partial charge is 0.490 e. The van der Waals surface area contributed by atoms with Crippen molar-refractivity contribution < 1.29 is 9.47 Å². The van der Waals surface area contributed by atoms with Gasteiger partial charge in [-0.05, 0) is 37.3 Å². The molecule has 5 heteroatoms. The van der Waals surface area contributed by atoms with Crippen molar-refractivity contribution in [2.24, 2.45) is 5.73 Å². The Morgan fingerprint density at radius 2 is 2.00 bits per heavy atom. The van der Waals surface area contributed by atoms with Crippen molar-refractivity contribution in [1.82, 2.24) is 0 Å². The molecule has 1 aliphatic heterocycles. The van der Waals surface area contributed by atoms with Crippen LogP contribution in [0.5, 0.6) is 11.5 Å². The van der Waals surface area contributed by atoms with Gasteiger partial charge in [0.15, 0.2) is 11.5 Å². The minimum absolute atomic E-state index is 0.286. The third-order valence-electron chi connectivity index (χ3n) is 3.29. The van der Waals surface area contributed by atoms with E-state index < -0.39 is 0 Å². The lowest BCUT2D eigenvalue weighted by molar-refractivity contribution is 0.297. The molecule has 2 N–H and O–H groups in total. The van der Waals surface area contributed by atoms with E-state index in [1.54, 1.807) is 11.8 Å². The van der Waals surface area contributed by atoms with Gasteiger partial charge in [0.05, 0.1) is 18.5 Å². The quantitative estimate of drug-likeness (QED) is 0.864. The summed E-state index contributed by atoms with van der Waals surface area (Å²) in [6.07, 6.45) is 0.928. The van der Waals surface area contributed by atoms with Gasteiger partial charge >= 0.3 is 0 Å². The van der Waals surface area contributed by atoms with Crippen LogP contribution in [0.2, 0.25) is 0 Å². The van der Waals surface area contributed by atoms with E-state index in [2.05, 4.69) is 31.2 Å². The summed E-state index contributed by atoms with van der Waals surface area (Å²) in [4.78, 5) is 3.82. The lowest BCUT2D eigenvalue weighted by atomic mass is 10.3. The van der Waals surface area contributed by atoms with Crippen molar-refractivity contribution in [1.29, 1.82) is 0 Å². The third kappa shape index (κ3) is 3.54. The van der Waals surface area contributed by atoms with Crippen molar-refractivity contribution in [2.45, 2.75) is 23.5 Å². The van der Waals surface area contributed by atoms with Crippen LogP contribution in [0.4, 0.5) is 0 Å². The molecule has 0 saturated carbocycles. The van der Waals surface area contributed by atoms with Crippen LogP contribution in [-0.4, -0.2) is 19.8 Å². The summed E-state index contributed by atoms with van der Waals surface area (Å²) >= 11 is 3.60. The van der Waals surface area contributed by atoms with E-state index in [1.165, 1.54) is 14.6 Å². The fourth-order valence-electron chi connectivity index (χ4n) is 2.23. The number of nitrogens with two attached hydrogens (primary N) is 1. The van der Waals surface area contributed by atoms with Gasteiger partial charge in [-0.1, -0.05) is 0 Å². The Kier molecular flexibility index (Phi) is 4.73. The molecular formula is C16H19NO2S2. The van der Waals surface area contributed by atoms with E-state index >= 15 is 0 Å². The Morgan fingerprint density at radius 1 is 1.19 bits per heavy atom. The molecular weight excluding hydrogens is 302 g/mol. The van der Waals surface area contributed by atoms with Crippen molar-refractivity contribution >= 4 is 23.1 Å². The van der Waals surface area contributed by atoms with Gasteiger partial charge < -0.3 is 15.2 Å². The zero-order valence-electron chi connectivity index (χ0n) is 12.0. The number of hydrogen-bond acceptors (Lipinski definition) is 5. The number of benzene rings is 1. The highest BCUT2D eigenvalue weighted by Gasteiger charge is 2.16. The van der Waals surface area contributed by atoms with Crippen LogP contribution in [0.1, 0.15) is 21.4 Å². The topological polar surface area (TPSA) is 44.5 Å². The van der Waals surface area contributed by atoms with E-state index in [9.17, 15) is 0 Å². The maximum absolute atomic E-state index is 5.95. The average Bonchev–Trinajstić information content (AvgIpc) is 2.79. The van der Waals surface area contributed by atoms with Crippen molar-refractivity contribution in [2.75, 3.05) is 19.8 Å². The zero-order valence-corrected chi connectivity index (χ0v) is 13.6. The summed E-state index contributed by atoms with van der Waals surface area (Å²) < 4.78 is 11.4. The lowest BCUT2D eigenvalue weighted by Gasteiger charge is -2.14. The Bertz CT molecular complexity index is 612. The fourth-order valence-corrected chi connectivity index (χ4v) is 4.33. The summed E-state index contributed by atoms with van der Waals surface area (Å²) in [5.74, 6) is 1.68. The van der Waals surface area contributed by atoms with Crippen LogP contribution >= 0.6 is 23.1 Å². The number of aryl methyl sites for hydroxylation is 1. The molecule has 1 aromatic carbocycles. The summed E-state index contributed by atoms with van der Waals surface area (Å²) in [5.41, 5.74) is 5.95. The third-order valence-corrected chi connectivity index (χ3v) is 5.81. The van der Waals surface area contributed by atoms with Crippen molar-refractivity contribution in [3.63, 3.8) is 0 Å². The van der Waals surface area contributed by atoms with Gasteiger partial charge in [0.25, 0.3) is 0 Å². The minimum atomic E-state index is 0.286. The van der Waals surface area contributed by atoms with Gasteiger partial charge in [-0.2, -0.15) is 0 Å². The predicted molar refractivity (Wildman–Crippen MR) is 88.8 cm³/mol. The highest BCUT2D eigenvalue weighted by atomic mass is 32.2. The van der Waals surface area contributed by atoms with Gasteiger partial charge in [-0.25, -0.2) is 0 Å². The number of hydrogen-bond donors (Lipinski definition) is 1. The molecule has 1 unspecified atom stereocenters. The number of ether oxygens (including phenoxy) is 2. The molecule has 0 amide bonds. The molecule has 0 radical (unpaired) electrons. The lowest BCUT2D eigenvalue weighted by Crippen LogP contribution is -2.07. The SMILES string of the molecule is Cc1ccc(C(CN)Sc2ccc3c(c2)OCCCO3)s1. The highest BCUT2D eigenvalue weighted by Crippen LogP contribution is 2.41. The molecule has 3 nitrogen and oxygen atoms in total. The molecule has 0 bridgehead atoms. The highest BCUT2D eigenvalue weighted by molar-refractivity contribution is 7.99. The van der Waals surface area contributed by atoms with Crippen molar-refractivity contribution in [3.8, 4) is 11.5 Å². The molecule has 0 aliphatic carbocycles. The van der Waals surface area contributed by atoms with Crippen LogP contribution in [-0.2, 0) is 0 Å². The van der Waals surface area contributed by atoms with Gasteiger partial charge in [0, 0.05) is 27.6 Å². The van der Waals surface area contributed by atoms with Crippen LogP contribution in [0.3, 0.4) is 0 Å². The molecule has 0 saturated heterocycles. The second kappa shape index (κ2) is 6.73. The molecule has 1 atom stereocenters. The molecule has 21 heavy (non-hydrogen) atoms. The molecule has 1 aromatic heterocycles. The van der Waals surface area contributed by atoms with Gasteiger partial charge in [-0.3, -0.25) is 0 Å². The smallest absolute Gasteiger partial charge is 0.162 e. The van der Waals surface area contributed by atoms with Crippen LogP contribution in [0, 0.1) is 6.92 Å². The first-order chi connectivity index (χ1) is 10.3. The normalized spacial score (nSPS) is 15.5.